The van der Waals surface area contributed by atoms with Gasteiger partial charge >= 0.3 is 12.4 Å². The zero-order valence-corrected chi connectivity index (χ0v) is 8.02. The lowest BCUT2D eigenvalue weighted by atomic mass is 10.0. The van der Waals surface area contributed by atoms with Gasteiger partial charge in [-0.05, 0) is 19.1 Å². The van der Waals surface area contributed by atoms with E-state index in [4.69, 9.17) is 0 Å². The minimum atomic E-state index is -5.58. The first-order valence-electron chi connectivity index (χ1n) is 4.26. The molecular weight excluding hydrogens is 242 g/mol. The number of hydrogen-bond donors (Lipinski definition) is 0. The van der Waals surface area contributed by atoms with Crippen LogP contribution in [0.1, 0.15) is 6.92 Å². The fraction of sp³-hybridized carbons (Fsp3) is 0.750. The van der Waals surface area contributed by atoms with Gasteiger partial charge in [0, 0.05) is 6.61 Å². The van der Waals surface area contributed by atoms with Crippen LogP contribution in [0.3, 0.4) is 0 Å². The SMILES string of the molecule is CCOC1C=CC(C(F)(F)F)(C(F)(F)F)O1. The molecule has 0 fully saturated rings. The highest BCUT2D eigenvalue weighted by Gasteiger charge is 2.73. The summed E-state index contributed by atoms with van der Waals surface area (Å²) in [5.41, 5.74) is -4.26. The maximum atomic E-state index is 12.4. The van der Waals surface area contributed by atoms with Gasteiger partial charge in [-0.1, -0.05) is 0 Å². The molecule has 1 heterocycles. The maximum absolute atomic E-state index is 12.4. The van der Waals surface area contributed by atoms with Crippen molar-refractivity contribution >= 4 is 0 Å². The van der Waals surface area contributed by atoms with Gasteiger partial charge in [0.25, 0.3) is 5.60 Å². The predicted molar refractivity (Wildman–Crippen MR) is 40.5 cm³/mol. The van der Waals surface area contributed by atoms with Crippen molar-refractivity contribution in [2.45, 2.75) is 31.2 Å². The summed E-state index contributed by atoms with van der Waals surface area (Å²) in [6.07, 6.45) is -12.2. The minimum Gasteiger partial charge on any atom is -0.349 e. The van der Waals surface area contributed by atoms with E-state index in [2.05, 4.69) is 9.47 Å². The van der Waals surface area contributed by atoms with E-state index in [1.54, 1.807) is 0 Å². The van der Waals surface area contributed by atoms with Crippen LogP contribution in [0.25, 0.3) is 0 Å². The van der Waals surface area contributed by atoms with E-state index in [0.717, 1.165) is 0 Å². The summed E-state index contributed by atoms with van der Waals surface area (Å²) in [4.78, 5) is 0. The Labute approximate surface area is 86.8 Å². The third-order valence-corrected chi connectivity index (χ3v) is 1.96. The van der Waals surface area contributed by atoms with E-state index in [0.29, 0.717) is 6.08 Å². The van der Waals surface area contributed by atoms with Crippen LogP contribution in [-0.2, 0) is 9.47 Å². The summed E-state index contributed by atoms with van der Waals surface area (Å²) in [6.45, 7) is 1.37. The molecule has 94 valence electrons. The second-order valence-electron chi connectivity index (χ2n) is 3.03. The van der Waals surface area contributed by atoms with Crippen molar-refractivity contribution in [3.8, 4) is 0 Å². The highest BCUT2D eigenvalue weighted by Crippen LogP contribution is 2.49. The fourth-order valence-corrected chi connectivity index (χ4v) is 1.21. The summed E-state index contributed by atoms with van der Waals surface area (Å²) in [7, 11) is 0. The smallest absolute Gasteiger partial charge is 0.349 e. The zero-order chi connectivity index (χ0) is 12.6. The van der Waals surface area contributed by atoms with Gasteiger partial charge in [0.2, 0.25) is 0 Å². The van der Waals surface area contributed by atoms with Crippen LogP contribution in [-0.4, -0.2) is 30.9 Å². The molecule has 1 rings (SSSR count). The molecular formula is C8H8F6O2. The molecule has 0 aromatic rings. The third kappa shape index (κ3) is 2.03. The Hall–Kier alpha value is -0.760. The number of rotatable bonds is 2. The molecule has 16 heavy (non-hydrogen) atoms. The van der Waals surface area contributed by atoms with Crippen molar-refractivity contribution in [1.29, 1.82) is 0 Å². The van der Waals surface area contributed by atoms with E-state index in [-0.39, 0.29) is 12.7 Å². The molecule has 1 aliphatic heterocycles. The average molecular weight is 250 g/mol. The Morgan fingerprint density at radius 1 is 1.19 bits per heavy atom. The molecule has 8 heteroatoms. The standard InChI is InChI=1S/C8H8F6O2/c1-2-15-5-3-4-6(16-5,7(9,10)11)8(12,13)14/h3-5H,2H2,1H3. The van der Waals surface area contributed by atoms with Gasteiger partial charge < -0.3 is 9.47 Å². The van der Waals surface area contributed by atoms with Crippen molar-refractivity contribution in [3.63, 3.8) is 0 Å². The lowest BCUT2D eigenvalue weighted by molar-refractivity contribution is -0.376. The number of alkyl halides is 6. The molecule has 1 atom stereocenters. The zero-order valence-electron chi connectivity index (χ0n) is 8.02. The van der Waals surface area contributed by atoms with Gasteiger partial charge in [-0.2, -0.15) is 26.3 Å². The number of halogens is 6. The van der Waals surface area contributed by atoms with Gasteiger partial charge in [0.1, 0.15) is 0 Å². The summed E-state index contributed by atoms with van der Waals surface area (Å²) in [5.74, 6) is 0. The molecule has 1 aliphatic rings. The van der Waals surface area contributed by atoms with Gasteiger partial charge in [-0.25, -0.2) is 0 Å². The Balaban J connectivity index is 3.00. The second kappa shape index (κ2) is 3.92. The normalized spacial score (nSPS) is 25.1. The number of hydrogen-bond acceptors (Lipinski definition) is 2. The second-order valence-corrected chi connectivity index (χ2v) is 3.03. The van der Waals surface area contributed by atoms with E-state index in [1.165, 1.54) is 6.92 Å². The lowest BCUT2D eigenvalue weighted by Crippen LogP contribution is -2.56. The number of ether oxygens (including phenoxy) is 2. The monoisotopic (exact) mass is 250 g/mol. The van der Waals surface area contributed by atoms with Crippen molar-refractivity contribution < 1.29 is 35.8 Å². The van der Waals surface area contributed by atoms with Crippen molar-refractivity contribution in [2.24, 2.45) is 0 Å². The molecule has 0 aromatic carbocycles. The largest absolute Gasteiger partial charge is 0.430 e. The van der Waals surface area contributed by atoms with E-state index in [1.807, 2.05) is 0 Å². The lowest BCUT2D eigenvalue weighted by Gasteiger charge is -2.32. The fourth-order valence-electron chi connectivity index (χ4n) is 1.21. The van der Waals surface area contributed by atoms with Crippen LogP contribution in [0, 0.1) is 0 Å². The Morgan fingerprint density at radius 2 is 1.69 bits per heavy atom. The molecule has 2 nitrogen and oxygen atoms in total. The summed E-state index contributed by atoms with van der Waals surface area (Å²) < 4.78 is 82.7. The van der Waals surface area contributed by atoms with Crippen LogP contribution < -0.4 is 0 Å². The van der Waals surface area contributed by atoms with Gasteiger partial charge in [0.05, 0.1) is 0 Å². The van der Waals surface area contributed by atoms with Crippen LogP contribution >= 0.6 is 0 Å². The molecule has 0 saturated carbocycles. The van der Waals surface area contributed by atoms with E-state index >= 15 is 0 Å². The minimum absolute atomic E-state index is 0.0548. The maximum Gasteiger partial charge on any atom is 0.430 e. The van der Waals surface area contributed by atoms with Gasteiger partial charge in [-0.3, -0.25) is 0 Å². The molecule has 0 amide bonds. The quantitative estimate of drug-likeness (QED) is 0.554. The van der Waals surface area contributed by atoms with E-state index < -0.39 is 24.2 Å². The molecule has 0 saturated heterocycles. The molecule has 0 aromatic heterocycles. The Morgan fingerprint density at radius 3 is 2.00 bits per heavy atom. The first-order chi connectivity index (χ1) is 7.14. The molecule has 0 bridgehead atoms. The molecule has 1 unspecified atom stereocenters. The van der Waals surface area contributed by atoms with Crippen molar-refractivity contribution in [2.75, 3.05) is 6.61 Å². The Kier molecular flexibility index (Phi) is 3.26. The first-order valence-corrected chi connectivity index (χ1v) is 4.26. The first kappa shape index (κ1) is 13.3. The summed E-state index contributed by atoms with van der Waals surface area (Å²) in [6, 6.07) is 0. The topological polar surface area (TPSA) is 18.5 Å². The van der Waals surface area contributed by atoms with Crippen LogP contribution in [0.5, 0.6) is 0 Å². The van der Waals surface area contributed by atoms with Crippen molar-refractivity contribution in [3.05, 3.63) is 12.2 Å². The highest BCUT2D eigenvalue weighted by molar-refractivity contribution is 5.17. The van der Waals surface area contributed by atoms with Crippen molar-refractivity contribution in [1.82, 2.24) is 0 Å². The molecule has 0 radical (unpaired) electrons. The highest BCUT2D eigenvalue weighted by atomic mass is 19.4. The van der Waals surface area contributed by atoms with Crippen LogP contribution in [0.4, 0.5) is 26.3 Å². The Bertz CT molecular complexity index is 265. The molecule has 0 aliphatic carbocycles. The van der Waals surface area contributed by atoms with Gasteiger partial charge in [0.15, 0.2) is 6.29 Å². The molecule has 0 N–H and O–H groups in total. The third-order valence-electron chi connectivity index (χ3n) is 1.96. The van der Waals surface area contributed by atoms with Crippen LogP contribution in [0.2, 0.25) is 0 Å². The predicted octanol–water partition coefficient (Wildman–Crippen LogP) is 2.80. The van der Waals surface area contributed by atoms with Gasteiger partial charge in [-0.15, -0.1) is 0 Å². The van der Waals surface area contributed by atoms with Crippen LogP contribution in [0.15, 0.2) is 12.2 Å². The van der Waals surface area contributed by atoms with E-state index in [9.17, 15) is 26.3 Å². The summed E-state index contributed by atoms with van der Waals surface area (Å²) in [5, 5.41) is 0. The summed E-state index contributed by atoms with van der Waals surface area (Å²) >= 11 is 0. The molecule has 0 spiro atoms. The average Bonchev–Trinajstić information content (AvgIpc) is 2.47.